The molecule has 0 aromatic heterocycles. The summed E-state index contributed by atoms with van der Waals surface area (Å²) in [5.74, 6) is 0. The van der Waals surface area contributed by atoms with Crippen LogP contribution >= 0.6 is 11.8 Å². The van der Waals surface area contributed by atoms with Crippen molar-refractivity contribution in [1.82, 2.24) is 4.42 Å². The van der Waals surface area contributed by atoms with Gasteiger partial charge < -0.3 is 0 Å². The Labute approximate surface area is 65.4 Å². The number of hydrogen-bond donors (Lipinski definition) is 0. The van der Waals surface area contributed by atoms with E-state index in [0.29, 0.717) is 0 Å². The van der Waals surface area contributed by atoms with Crippen molar-refractivity contribution >= 4 is 11.8 Å². The maximum atomic E-state index is 5.77. The first kappa shape index (κ1) is 6.05. The highest BCUT2D eigenvalue weighted by molar-refractivity contribution is 6.14. The highest BCUT2D eigenvalue weighted by Crippen LogP contribution is 2.26. The van der Waals surface area contributed by atoms with Gasteiger partial charge in [0.25, 0.3) is 0 Å². The Hall–Kier alpha value is -0.690. The van der Waals surface area contributed by atoms with Crippen LogP contribution in [0.5, 0.6) is 0 Å². The van der Waals surface area contributed by atoms with E-state index in [-0.39, 0.29) is 0 Å². The molecule has 2 rings (SSSR count). The second kappa shape index (κ2) is 2.17. The summed E-state index contributed by atoms with van der Waals surface area (Å²) < 4.78 is 1.69. The molecule has 0 aromatic carbocycles. The Morgan fingerprint density at radius 1 is 1.50 bits per heavy atom. The second-order valence-electron chi connectivity index (χ2n) is 2.51. The monoisotopic (exact) mass is 153 g/mol. The van der Waals surface area contributed by atoms with Crippen LogP contribution in [0.15, 0.2) is 35.6 Å². The van der Waals surface area contributed by atoms with Crippen LogP contribution < -0.4 is 0 Å². The summed E-state index contributed by atoms with van der Waals surface area (Å²) >= 11 is 5.77. The van der Waals surface area contributed by atoms with Gasteiger partial charge in [0.2, 0.25) is 0 Å². The number of halogens is 1. The van der Waals surface area contributed by atoms with E-state index in [9.17, 15) is 0 Å². The predicted molar refractivity (Wildman–Crippen MR) is 42.5 cm³/mol. The number of allylic oxidation sites excluding steroid dienone is 3. The Balaban J connectivity index is 2.34. The zero-order valence-electron chi connectivity index (χ0n) is 5.55. The molecule has 1 aliphatic heterocycles. The molecule has 2 heteroatoms. The van der Waals surface area contributed by atoms with Gasteiger partial charge in [0, 0.05) is 18.0 Å². The zero-order valence-corrected chi connectivity index (χ0v) is 6.30. The Bertz CT molecular complexity index is 238. The summed E-state index contributed by atoms with van der Waals surface area (Å²) in [5, 5.41) is 0. The van der Waals surface area contributed by atoms with Gasteiger partial charge in [-0.3, -0.25) is 4.42 Å². The van der Waals surface area contributed by atoms with Gasteiger partial charge >= 0.3 is 0 Å². The fraction of sp³-hybridized carbons (Fsp3) is 0.250. The first-order chi connectivity index (χ1) is 4.86. The van der Waals surface area contributed by atoms with E-state index in [1.54, 1.807) is 4.42 Å². The number of rotatable bonds is 0. The smallest absolute Gasteiger partial charge is 0.0596 e. The van der Waals surface area contributed by atoms with Crippen molar-refractivity contribution in [3.63, 3.8) is 0 Å². The maximum Gasteiger partial charge on any atom is 0.0596 e. The molecular formula is C8H8ClN. The van der Waals surface area contributed by atoms with Crippen LogP contribution in [0, 0.1) is 0 Å². The molecule has 1 aliphatic carbocycles. The molecule has 0 N–H and O–H groups in total. The lowest BCUT2D eigenvalue weighted by Gasteiger charge is -2.03. The largest absolute Gasteiger partial charge is 0.288 e. The molecular weight excluding hydrogens is 146 g/mol. The molecule has 0 spiro atoms. The average molecular weight is 154 g/mol. The van der Waals surface area contributed by atoms with Crippen molar-refractivity contribution in [2.75, 3.05) is 6.54 Å². The minimum Gasteiger partial charge on any atom is -0.288 e. The third-order valence-corrected chi connectivity index (χ3v) is 1.99. The Kier molecular flexibility index (Phi) is 1.31. The van der Waals surface area contributed by atoms with Crippen molar-refractivity contribution in [1.29, 1.82) is 0 Å². The first-order valence-electron chi connectivity index (χ1n) is 3.36. The lowest BCUT2D eigenvalue weighted by Crippen LogP contribution is -1.99. The molecule has 0 radical (unpaired) electrons. The van der Waals surface area contributed by atoms with Crippen LogP contribution in [0.4, 0.5) is 0 Å². The molecule has 0 amide bonds. The van der Waals surface area contributed by atoms with E-state index in [1.807, 2.05) is 6.20 Å². The van der Waals surface area contributed by atoms with Crippen LogP contribution in [0.25, 0.3) is 0 Å². The lowest BCUT2D eigenvalue weighted by atomic mass is 10.0. The SMILES string of the molecule is ClN1C=C2C=CCC=C2C1. The van der Waals surface area contributed by atoms with Gasteiger partial charge in [-0.05, 0) is 17.6 Å². The van der Waals surface area contributed by atoms with E-state index < -0.39 is 0 Å². The van der Waals surface area contributed by atoms with Gasteiger partial charge in [-0.15, -0.1) is 0 Å². The molecule has 1 heterocycles. The van der Waals surface area contributed by atoms with Gasteiger partial charge in [0.1, 0.15) is 0 Å². The molecule has 0 unspecified atom stereocenters. The molecule has 0 fully saturated rings. The Morgan fingerprint density at radius 3 is 3.20 bits per heavy atom. The van der Waals surface area contributed by atoms with E-state index in [4.69, 9.17) is 11.8 Å². The van der Waals surface area contributed by atoms with E-state index in [0.717, 1.165) is 13.0 Å². The quantitative estimate of drug-likeness (QED) is 0.483. The molecule has 0 saturated carbocycles. The number of hydrogen-bond acceptors (Lipinski definition) is 1. The van der Waals surface area contributed by atoms with Gasteiger partial charge in [-0.2, -0.15) is 0 Å². The molecule has 0 saturated heterocycles. The minimum atomic E-state index is 0.862. The summed E-state index contributed by atoms with van der Waals surface area (Å²) in [7, 11) is 0. The van der Waals surface area contributed by atoms with Crippen LogP contribution in [0.3, 0.4) is 0 Å². The zero-order chi connectivity index (χ0) is 6.97. The fourth-order valence-corrected chi connectivity index (χ4v) is 1.51. The predicted octanol–water partition coefficient (Wildman–Crippen LogP) is 2.23. The van der Waals surface area contributed by atoms with E-state index in [2.05, 4.69) is 18.2 Å². The molecule has 52 valence electrons. The number of nitrogens with zero attached hydrogens (tertiary/aromatic N) is 1. The molecule has 0 bridgehead atoms. The van der Waals surface area contributed by atoms with Crippen LogP contribution in [-0.4, -0.2) is 11.0 Å². The lowest BCUT2D eigenvalue weighted by molar-refractivity contribution is 0.694. The summed E-state index contributed by atoms with van der Waals surface area (Å²) in [6.07, 6.45) is 9.50. The summed E-state index contributed by atoms with van der Waals surface area (Å²) in [4.78, 5) is 0. The second-order valence-corrected chi connectivity index (χ2v) is 2.94. The van der Waals surface area contributed by atoms with Crippen LogP contribution in [-0.2, 0) is 0 Å². The van der Waals surface area contributed by atoms with Gasteiger partial charge in [0.15, 0.2) is 0 Å². The third-order valence-electron chi connectivity index (χ3n) is 1.77. The molecule has 1 nitrogen and oxygen atoms in total. The van der Waals surface area contributed by atoms with Crippen molar-refractivity contribution in [2.24, 2.45) is 0 Å². The Morgan fingerprint density at radius 2 is 2.40 bits per heavy atom. The highest BCUT2D eigenvalue weighted by atomic mass is 35.5. The minimum absolute atomic E-state index is 0.862. The van der Waals surface area contributed by atoms with E-state index in [1.165, 1.54) is 11.1 Å². The average Bonchev–Trinajstić information content (AvgIpc) is 2.27. The topological polar surface area (TPSA) is 3.24 Å². The van der Waals surface area contributed by atoms with Gasteiger partial charge in [-0.1, -0.05) is 18.2 Å². The summed E-state index contributed by atoms with van der Waals surface area (Å²) in [6.45, 7) is 0.862. The van der Waals surface area contributed by atoms with Crippen molar-refractivity contribution in [2.45, 2.75) is 6.42 Å². The van der Waals surface area contributed by atoms with Crippen LogP contribution in [0.2, 0.25) is 0 Å². The highest BCUT2D eigenvalue weighted by Gasteiger charge is 2.15. The van der Waals surface area contributed by atoms with Crippen LogP contribution in [0.1, 0.15) is 6.42 Å². The van der Waals surface area contributed by atoms with Crippen molar-refractivity contribution in [3.05, 3.63) is 35.6 Å². The standard InChI is InChI=1S/C8H8ClN/c9-10-5-7-3-1-2-4-8(7)6-10/h1,3-5H,2,6H2. The first-order valence-corrected chi connectivity index (χ1v) is 3.70. The van der Waals surface area contributed by atoms with Gasteiger partial charge in [-0.25, -0.2) is 0 Å². The van der Waals surface area contributed by atoms with Crippen molar-refractivity contribution in [3.8, 4) is 0 Å². The number of fused-ring (bicyclic) bond motifs is 1. The normalized spacial score (nSPS) is 22.3. The van der Waals surface area contributed by atoms with E-state index >= 15 is 0 Å². The summed E-state index contributed by atoms with van der Waals surface area (Å²) in [5.41, 5.74) is 2.62. The fourth-order valence-electron chi connectivity index (χ4n) is 1.27. The molecule has 0 atom stereocenters. The van der Waals surface area contributed by atoms with Crippen molar-refractivity contribution < 1.29 is 0 Å². The molecule has 10 heavy (non-hydrogen) atoms. The third kappa shape index (κ3) is 0.868. The maximum absolute atomic E-state index is 5.77. The molecule has 2 aliphatic rings. The molecule has 0 aromatic rings. The summed E-state index contributed by atoms with van der Waals surface area (Å²) in [6, 6.07) is 0. The van der Waals surface area contributed by atoms with Gasteiger partial charge in [0.05, 0.1) is 6.54 Å².